The first-order chi connectivity index (χ1) is 20.0. The molecule has 16 nitrogen and oxygen atoms in total. The average molecular weight is 702 g/mol. The molecule has 2 amide bonds. The highest BCUT2D eigenvalue weighted by Crippen LogP contribution is 2.42. The van der Waals surface area contributed by atoms with Crippen LogP contribution in [0.4, 0.5) is 5.13 Å². The van der Waals surface area contributed by atoms with E-state index >= 15 is 0 Å². The zero-order valence-electron chi connectivity index (χ0n) is 22.2. The van der Waals surface area contributed by atoms with Gasteiger partial charge >= 0.3 is 11.9 Å². The van der Waals surface area contributed by atoms with Crippen LogP contribution >= 0.6 is 39.0 Å². The van der Waals surface area contributed by atoms with Crippen LogP contribution in [-0.2, 0) is 24.0 Å². The van der Waals surface area contributed by atoms with E-state index in [-0.39, 0.29) is 32.2 Å². The Balaban J connectivity index is 1.56. The minimum atomic E-state index is -1.75. The van der Waals surface area contributed by atoms with Gasteiger partial charge in [0, 0.05) is 15.6 Å². The third-order valence-corrected chi connectivity index (χ3v) is 8.97. The highest BCUT2D eigenvalue weighted by molar-refractivity contribution is 9.10. The fourth-order valence-electron chi connectivity index (χ4n) is 4.15. The van der Waals surface area contributed by atoms with Gasteiger partial charge in [0.2, 0.25) is 5.91 Å². The van der Waals surface area contributed by atoms with Crippen LogP contribution in [0.25, 0.3) is 0 Å². The monoisotopic (exact) mass is 700 g/mol. The number of aromatic hydroxyl groups is 2. The molecule has 2 aliphatic heterocycles. The second-order valence-electron chi connectivity index (χ2n) is 9.82. The molecular weight excluding hydrogens is 676 g/mol. The number of thiazole rings is 1. The van der Waals surface area contributed by atoms with E-state index < -0.39 is 75.8 Å². The lowest BCUT2D eigenvalue weighted by Crippen LogP contribution is -2.71. The third-order valence-electron chi connectivity index (χ3n) is 6.52. The number of nitrogens with zero attached hydrogens (tertiary/aromatic N) is 2. The molecule has 1 aromatic heterocycles. The van der Waals surface area contributed by atoms with E-state index in [1.807, 2.05) is 0 Å². The maximum Gasteiger partial charge on any atom is 0.352 e. The minimum Gasteiger partial charge on any atom is -0.504 e. The number of hydroxylamine groups is 1. The third kappa shape index (κ3) is 6.17. The van der Waals surface area contributed by atoms with Crippen LogP contribution in [0.5, 0.6) is 11.5 Å². The summed E-state index contributed by atoms with van der Waals surface area (Å²) in [5.74, 6) is -6.91. The summed E-state index contributed by atoms with van der Waals surface area (Å²) in [6.07, 6.45) is 0. The number of phenolic OH excluding ortho intramolecular Hbond substituents is 2. The smallest absolute Gasteiger partial charge is 0.352 e. The number of carboxylic acids is 2. The van der Waals surface area contributed by atoms with Crippen LogP contribution in [0.1, 0.15) is 35.9 Å². The van der Waals surface area contributed by atoms with E-state index in [1.165, 1.54) is 25.3 Å². The quantitative estimate of drug-likeness (QED) is 0.0676. The van der Waals surface area contributed by atoms with E-state index in [9.17, 15) is 44.4 Å². The van der Waals surface area contributed by atoms with Gasteiger partial charge < -0.3 is 37.2 Å². The number of nitrogens with one attached hydrogen (secondary N) is 2. The number of amides is 2. The molecule has 10 N–H and O–H groups in total. The Morgan fingerprint density at radius 2 is 1.91 bits per heavy atom. The van der Waals surface area contributed by atoms with Gasteiger partial charge in [-0.3, -0.25) is 24.1 Å². The number of Topliss-reactive ketones (excluding diaryl/α,β-unsaturated/α-hetero) is 1. The molecular formula is C24H25BrN6O10S2. The zero-order chi connectivity index (χ0) is 32.0. The molecule has 3 heterocycles. The Morgan fingerprint density at radius 1 is 1.23 bits per heavy atom. The minimum absolute atomic E-state index is 0.0841. The first kappa shape index (κ1) is 32.2. The molecule has 1 aromatic carbocycles. The maximum absolute atomic E-state index is 13.3. The van der Waals surface area contributed by atoms with Crippen molar-refractivity contribution in [2.24, 2.45) is 5.73 Å². The van der Waals surface area contributed by atoms with E-state index in [0.717, 1.165) is 34.1 Å². The second kappa shape index (κ2) is 12.1. The van der Waals surface area contributed by atoms with E-state index in [2.05, 4.69) is 31.7 Å². The Hall–Kier alpha value is -3.75. The number of nitrogen functional groups attached to an aromatic ring is 1. The van der Waals surface area contributed by atoms with Crippen molar-refractivity contribution >= 4 is 73.7 Å². The van der Waals surface area contributed by atoms with Gasteiger partial charge in [-0.05, 0) is 31.6 Å². The zero-order valence-corrected chi connectivity index (χ0v) is 25.4. The molecule has 43 heavy (non-hydrogen) atoms. The highest BCUT2D eigenvalue weighted by atomic mass is 79.9. The van der Waals surface area contributed by atoms with Gasteiger partial charge in [-0.1, -0.05) is 15.9 Å². The highest BCUT2D eigenvalue weighted by Gasteiger charge is 2.55. The number of fused-ring (bicyclic) bond motifs is 1. The standard InChI is InChI=1S/C24H25BrN6O10S2/c1-24(2,22(39)40)41-30-13(10-6-43-23(27)28-10)18(35)29-14-19(36)31-15(21(37)38)9(5-42-20(14)31)12(26)17(34)8-3-7(25)4-11(32)16(8)33/h3-4,6,12-14,20,30,32-33H,5,26H2,1-2H3,(H2,27,28)(H,29,35)(H,37,38)(H,39,40)/t12?,13?,14?,20-/m1/s1. The summed E-state index contributed by atoms with van der Waals surface area (Å²) in [5.41, 5.74) is 11.5. The number of carboxylic acid groups (broad SMARTS) is 2. The topological polar surface area (TPSA) is 268 Å². The fourth-order valence-corrected chi connectivity index (χ4v) is 6.58. The molecule has 230 valence electrons. The van der Waals surface area contributed by atoms with Crippen molar-refractivity contribution in [3.63, 3.8) is 0 Å². The van der Waals surface area contributed by atoms with Crippen molar-refractivity contribution in [2.75, 3.05) is 11.5 Å². The number of ketones is 1. The molecule has 0 aliphatic carbocycles. The number of aliphatic carboxylic acids is 2. The normalized spacial score (nSPS) is 19.7. The second-order valence-corrected chi connectivity index (χ2v) is 12.7. The number of phenols is 2. The Bertz CT molecular complexity index is 1560. The molecule has 19 heteroatoms. The summed E-state index contributed by atoms with van der Waals surface area (Å²) in [6, 6.07) is -1.85. The number of hydrogen-bond donors (Lipinski definition) is 8. The predicted molar refractivity (Wildman–Crippen MR) is 155 cm³/mol. The summed E-state index contributed by atoms with van der Waals surface area (Å²) in [6.45, 7) is 2.48. The average Bonchev–Trinajstić information content (AvgIpc) is 3.37. The molecule has 3 unspecified atom stereocenters. The lowest BCUT2D eigenvalue weighted by atomic mass is 9.94. The van der Waals surface area contributed by atoms with Crippen LogP contribution in [0.15, 0.2) is 33.3 Å². The SMILES string of the molecule is CC(C)(ONC(C(=O)NC1C(=O)N2C(C(=O)O)=C(C(N)C(=O)c3cc(Br)cc(O)c3O)CS[C@H]12)c1csc(N)n1)C(=O)O. The first-order valence-electron chi connectivity index (χ1n) is 12.2. The molecule has 0 bridgehead atoms. The molecule has 1 fully saturated rings. The van der Waals surface area contributed by atoms with Crippen molar-refractivity contribution in [1.29, 1.82) is 0 Å². The molecule has 2 aliphatic rings. The van der Waals surface area contributed by atoms with Crippen molar-refractivity contribution in [2.45, 2.75) is 42.9 Å². The summed E-state index contributed by atoms with van der Waals surface area (Å²) in [4.78, 5) is 73.5. The Morgan fingerprint density at radius 3 is 2.49 bits per heavy atom. The summed E-state index contributed by atoms with van der Waals surface area (Å²) < 4.78 is 0.255. The number of aromatic nitrogens is 1. The molecule has 1 saturated heterocycles. The van der Waals surface area contributed by atoms with Crippen molar-refractivity contribution in [1.82, 2.24) is 20.7 Å². The number of carbonyl (C=O) groups is 5. The van der Waals surface area contributed by atoms with Crippen LogP contribution in [-0.4, -0.2) is 88.7 Å². The van der Waals surface area contributed by atoms with Gasteiger partial charge in [0.05, 0.1) is 17.3 Å². The van der Waals surface area contributed by atoms with Gasteiger partial charge in [-0.25, -0.2) is 14.6 Å². The molecule has 4 rings (SSSR count). The van der Waals surface area contributed by atoms with Crippen molar-refractivity contribution < 1.29 is 49.2 Å². The van der Waals surface area contributed by atoms with Gasteiger partial charge in [0.25, 0.3) is 5.91 Å². The van der Waals surface area contributed by atoms with E-state index in [4.69, 9.17) is 16.3 Å². The number of β-lactam (4-membered cyclic amide) rings is 1. The first-order valence-corrected chi connectivity index (χ1v) is 14.9. The number of nitrogens with two attached hydrogens (primary N) is 2. The molecule has 0 saturated carbocycles. The number of anilines is 1. The van der Waals surface area contributed by atoms with Crippen LogP contribution in [0.2, 0.25) is 0 Å². The van der Waals surface area contributed by atoms with Crippen LogP contribution < -0.4 is 22.3 Å². The molecule has 2 aromatic rings. The van der Waals surface area contributed by atoms with E-state index in [1.54, 1.807) is 0 Å². The van der Waals surface area contributed by atoms with Crippen LogP contribution in [0, 0.1) is 0 Å². The summed E-state index contributed by atoms with van der Waals surface area (Å²) in [7, 11) is 0. The number of rotatable bonds is 11. The molecule has 4 atom stereocenters. The molecule has 0 radical (unpaired) electrons. The Labute approximate surface area is 259 Å². The number of hydrogen-bond acceptors (Lipinski definition) is 14. The van der Waals surface area contributed by atoms with E-state index in [0.29, 0.717) is 0 Å². The number of thioether (sulfide) groups is 1. The lowest BCUT2D eigenvalue weighted by Gasteiger charge is -2.50. The van der Waals surface area contributed by atoms with Crippen LogP contribution in [0.3, 0.4) is 0 Å². The number of benzene rings is 1. The fraction of sp³-hybridized carbons (Fsp3) is 0.333. The Kier molecular flexibility index (Phi) is 9.05. The van der Waals surface area contributed by atoms with Gasteiger partial charge in [0.15, 0.2) is 34.1 Å². The lowest BCUT2D eigenvalue weighted by molar-refractivity contribution is -0.175. The van der Waals surface area contributed by atoms with Gasteiger partial charge in [-0.15, -0.1) is 23.1 Å². The largest absolute Gasteiger partial charge is 0.504 e. The molecule has 0 spiro atoms. The summed E-state index contributed by atoms with van der Waals surface area (Å²) in [5, 5.41) is 42.5. The predicted octanol–water partition coefficient (Wildman–Crippen LogP) is 0.273. The van der Waals surface area contributed by atoms with Gasteiger partial charge in [-0.2, -0.15) is 5.48 Å². The maximum atomic E-state index is 13.3. The number of carbonyl (C=O) groups excluding carboxylic acids is 3. The van der Waals surface area contributed by atoms with Crippen molar-refractivity contribution in [3.05, 3.63) is 44.5 Å². The number of halogens is 1. The van der Waals surface area contributed by atoms with Crippen molar-refractivity contribution in [3.8, 4) is 11.5 Å². The van der Waals surface area contributed by atoms with Gasteiger partial charge in [0.1, 0.15) is 17.1 Å². The summed E-state index contributed by atoms with van der Waals surface area (Å²) >= 11 is 5.14.